The van der Waals surface area contributed by atoms with Crippen LogP contribution in [-0.2, 0) is 0 Å². The van der Waals surface area contributed by atoms with E-state index in [4.69, 9.17) is 5.11 Å². The first kappa shape index (κ1) is 9.22. The van der Waals surface area contributed by atoms with Gasteiger partial charge in [0.05, 0.1) is 0 Å². The van der Waals surface area contributed by atoms with E-state index in [1.54, 1.807) is 0 Å². The molecule has 2 aliphatic rings. The predicted octanol–water partition coefficient (Wildman–Crippen LogP) is 1.17. The maximum atomic E-state index is 9.14. The summed E-state index contributed by atoms with van der Waals surface area (Å²) in [5.74, 6) is 1.81. The molecular weight excluding hydrogens is 162 g/mol. The number of rotatable bonds is 2. The summed E-state index contributed by atoms with van der Waals surface area (Å²) >= 11 is 0. The Balaban J connectivity index is 1.97. The molecule has 1 saturated heterocycles. The highest BCUT2D eigenvalue weighted by molar-refractivity contribution is 5.05. The van der Waals surface area contributed by atoms with Crippen molar-refractivity contribution in [1.82, 2.24) is 5.32 Å². The number of aliphatic hydroxyl groups is 1. The van der Waals surface area contributed by atoms with Gasteiger partial charge in [0.15, 0.2) is 0 Å². The average Bonchev–Trinajstić information content (AvgIpc) is 2.72. The van der Waals surface area contributed by atoms with Gasteiger partial charge >= 0.3 is 0 Å². The van der Waals surface area contributed by atoms with Gasteiger partial charge in [-0.2, -0.15) is 0 Å². The van der Waals surface area contributed by atoms with Gasteiger partial charge in [-0.25, -0.2) is 0 Å². The summed E-state index contributed by atoms with van der Waals surface area (Å²) in [6, 6.07) is 0.607. The third kappa shape index (κ3) is 1.65. The normalized spacial score (nSPS) is 44.5. The van der Waals surface area contributed by atoms with Gasteiger partial charge in [0.25, 0.3) is 0 Å². The molecule has 1 aliphatic carbocycles. The number of nitrogens with one attached hydrogen (secondary N) is 1. The van der Waals surface area contributed by atoms with E-state index in [9.17, 15) is 0 Å². The van der Waals surface area contributed by atoms with Crippen molar-refractivity contribution in [3.63, 3.8) is 0 Å². The second-order valence-electron chi connectivity index (χ2n) is 4.41. The first-order chi connectivity index (χ1) is 6.33. The highest BCUT2D eigenvalue weighted by Gasteiger charge is 2.36. The fourth-order valence-corrected chi connectivity index (χ4v) is 2.68. The molecule has 0 spiro atoms. The summed E-state index contributed by atoms with van der Waals surface area (Å²) in [5, 5.41) is 12.7. The van der Waals surface area contributed by atoms with Crippen molar-refractivity contribution in [3.05, 3.63) is 12.2 Å². The van der Waals surface area contributed by atoms with Crippen molar-refractivity contribution in [2.24, 2.45) is 17.8 Å². The number of hydrogen-bond acceptors (Lipinski definition) is 2. The van der Waals surface area contributed by atoms with E-state index >= 15 is 0 Å². The lowest BCUT2D eigenvalue weighted by Gasteiger charge is -2.23. The number of aliphatic hydroxyl groups excluding tert-OH is 1. The van der Waals surface area contributed by atoms with Gasteiger partial charge in [-0.05, 0) is 30.6 Å². The molecule has 2 rings (SSSR count). The molecule has 4 unspecified atom stereocenters. The lowest BCUT2D eigenvalue weighted by Crippen LogP contribution is -2.32. The molecule has 2 nitrogen and oxygen atoms in total. The topological polar surface area (TPSA) is 32.3 Å². The summed E-state index contributed by atoms with van der Waals surface area (Å²) in [6.07, 6.45) is 7.15. The molecule has 1 heterocycles. The molecule has 0 radical (unpaired) electrons. The Hall–Kier alpha value is -0.340. The Morgan fingerprint density at radius 3 is 2.92 bits per heavy atom. The van der Waals surface area contributed by atoms with Crippen molar-refractivity contribution in [1.29, 1.82) is 0 Å². The molecule has 2 N–H and O–H groups in total. The van der Waals surface area contributed by atoms with Gasteiger partial charge in [-0.1, -0.05) is 19.1 Å². The van der Waals surface area contributed by atoms with Crippen LogP contribution in [0.4, 0.5) is 0 Å². The van der Waals surface area contributed by atoms with Crippen LogP contribution in [0, 0.1) is 17.8 Å². The molecule has 0 saturated carbocycles. The Labute approximate surface area is 80.0 Å². The fraction of sp³-hybridized carbons (Fsp3) is 0.818. The first-order valence-electron chi connectivity index (χ1n) is 5.34. The van der Waals surface area contributed by atoms with Crippen molar-refractivity contribution >= 4 is 0 Å². The SMILES string of the molecule is CC1C(CO)CNC1C1C=CCC1. The standard InChI is InChI=1S/C11H19NO/c1-8-10(7-13)6-12-11(8)9-4-2-3-5-9/h2,4,8-13H,3,5-7H2,1H3. The van der Waals surface area contributed by atoms with Crippen molar-refractivity contribution < 1.29 is 5.11 Å². The zero-order valence-electron chi connectivity index (χ0n) is 8.24. The van der Waals surface area contributed by atoms with Crippen LogP contribution >= 0.6 is 0 Å². The van der Waals surface area contributed by atoms with Crippen LogP contribution in [0.25, 0.3) is 0 Å². The second kappa shape index (κ2) is 3.81. The monoisotopic (exact) mass is 181 g/mol. The highest BCUT2D eigenvalue weighted by Crippen LogP contribution is 2.32. The lowest BCUT2D eigenvalue weighted by atomic mass is 9.85. The molecule has 0 aromatic carbocycles. The minimum absolute atomic E-state index is 0.334. The van der Waals surface area contributed by atoms with E-state index in [0.717, 1.165) is 6.54 Å². The zero-order chi connectivity index (χ0) is 9.26. The van der Waals surface area contributed by atoms with E-state index < -0.39 is 0 Å². The summed E-state index contributed by atoms with van der Waals surface area (Å²) < 4.78 is 0. The smallest absolute Gasteiger partial charge is 0.0474 e. The molecule has 13 heavy (non-hydrogen) atoms. The molecule has 2 heteroatoms. The maximum Gasteiger partial charge on any atom is 0.0474 e. The predicted molar refractivity (Wildman–Crippen MR) is 53.4 cm³/mol. The number of hydrogen-bond donors (Lipinski definition) is 2. The van der Waals surface area contributed by atoms with E-state index in [1.807, 2.05) is 0 Å². The first-order valence-corrected chi connectivity index (χ1v) is 5.34. The summed E-state index contributed by atoms with van der Waals surface area (Å²) in [6.45, 7) is 3.59. The van der Waals surface area contributed by atoms with Crippen molar-refractivity contribution in [3.8, 4) is 0 Å². The molecule has 0 amide bonds. The molecule has 1 fully saturated rings. The van der Waals surface area contributed by atoms with Crippen LogP contribution in [0.15, 0.2) is 12.2 Å². The van der Waals surface area contributed by atoms with Crippen LogP contribution in [0.3, 0.4) is 0 Å². The van der Waals surface area contributed by atoms with Gasteiger partial charge in [-0.15, -0.1) is 0 Å². The maximum absolute atomic E-state index is 9.14. The molecule has 74 valence electrons. The Morgan fingerprint density at radius 1 is 1.54 bits per heavy atom. The van der Waals surface area contributed by atoms with Gasteiger partial charge in [0.1, 0.15) is 0 Å². The molecule has 0 aromatic rings. The fourth-order valence-electron chi connectivity index (χ4n) is 2.68. The third-order valence-corrected chi connectivity index (χ3v) is 3.67. The quantitative estimate of drug-likeness (QED) is 0.627. The number of allylic oxidation sites excluding steroid dienone is 1. The molecular formula is C11H19NO. The summed E-state index contributed by atoms with van der Waals surface area (Å²) in [4.78, 5) is 0. The summed E-state index contributed by atoms with van der Waals surface area (Å²) in [7, 11) is 0. The average molecular weight is 181 g/mol. The molecule has 4 atom stereocenters. The lowest BCUT2D eigenvalue weighted by molar-refractivity contribution is 0.198. The van der Waals surface area contributed by atoms with Gasteiger partial charge in [0, 0.05) is 19.2 Å². The van der Waals surface area contributed by atoms with Crippen LogP contribution < -0.4 is 5.32 Å². The Kier molecular flexibility index (Phi) is 2.70. The van der Waals surface area contributed by atoms with Crippen LogP contribution in [-0.4, -0.2) is 24.3 Å². The van der Waals surface area contributed by atoms with E-state index in [1.165, 1.54) is 12.8 Å². The molecule has 0 aromatic heterocycles. The second-order valence-corrected chi connectivity index (χ2v) is 4.41. The zero-order valence-corrected chi connectivity index (χ0v) is 8.24. The molecule has 1 aliphatic heterocycles. The van der Waals surface area contributed by atoms with Gasteiger partial charge in [-0.3, -0.25) is 0 Å². The third-order valence-electron chi connectivity index (χ3n) is 3.67. The van der Waals surface area contributed by atoms with Gasteiger partial charge in [0.2, 0.25) is 0 Å². The van der Waals surface area contributed by atoms with Crippen LogP contribution in [0.1, 0.15) is 19.8 Å². The highest BCUT2D eigenvalue weighted by atomic mass is 16.3. The van der Waals surface area contributed by atoms with Crippen molar-refractivity contribution in [2.75, 3.05) is 13.2 Å². The van der Waals surface area contributed by atoms with Crippen LogP contribution in [0.5, 0.6) is 0 Å². The largest absolute Gasteiger partial charge is 0.396 e. The Morgan fingerprint density at radius 2 is 2.38 bits per heavy atom. The van der Waals surface area contributed by atoms with Crippen molar-refractivity contribution in [2.45, 2.75) is 25.8 Å². The minimum Gasteiger partial charge on any atom is -0.396 e. The summed E-state index contributed by atoms with van der Waals surface area (Å²) in [5.41, 5.74) is 0. The minimum atomic E-state index is 0.334. The van der Waals surface area contributed by atoms with E-state index in [2.05, 4.69) is 24.4 Å². The van der Waals surface area contributed by atoms with Gasteiger partial charge < -0.3 is 10.4 Å². The van der Waals surface area contributed by atoms with E-state index in [0.29, 0.717) is 30.4 Å². The Bertz CT molecular complexity index is 202. The molecule has 0 bridgehead atoms. The van der Waals surface area contributed by atoms with E-state index in [-0.39, 0.29) is 0 Å². The van der Waals surface area contributed by atoms with Crippen LogP contribution in [0.2, 0.25) is 0 Å².